The second-order valence-electron chi connectivity index (χ2n) is 4.06. The highest BCUT2D eigenvalue weighted by molar-refractivity contribution is 6.48. The number of esters is 1. The lowest BCUT2D eigenvalue weighted by molar-refractivity contribution is -0.146. The van der Waals surface area contributed by atoms with Gasteiger partial charge in [0.1, 0.15) is 0 Å². The topological polar surface area (TPSA) is 71.3 Å². The summed E-state index contributed by atoms with van der Waals surface area (Å²) in [7, 11) is 0. The summed E-state index contributed by atoms with van der Waals surface area (Å²) in [5, 5.41) is 0. The highest BCUT2D eigenvalue weighted by Crippen LogP contribution is 2.34. The Balaban J connectivity index is 1.99. The van der Waals surface area contributed by atoms with Crippen molar-refractivity contribution in [3.8, 4) is 0 Å². The van der Waals surface area contributed by atoms with Crippen molar-refractivity contribution in [2.24, 2.45) is 9.98 Å². The molecule has 6 nitrogen and oxygen atoms in total. The third kappa shape index (κ3) is 1.72. The van der Waals surface area contributed by atoms with E-state index in [-0.39, 0.29) is 6.61 Å². The van der Waals surface area contributed by atoms with Crippen LogP contribution in [-0.4, -0.2) is 36.6 Å². The second-order valence-corrected chi connectivity index (χ2v) is 4.06. The number of carbonyl (C=O) groups excluding carboxylic acids is 2. The lowest BCUT2D eigenvalue weighted by Gasteiger charge is -2.21. The Morgan fingerprint density at radius 3 is 3.00 bits per heavy atom. The van der Waals surface area contributed by atoms with Gasteiger partial charge in [0.25, 0.3) is 5.91 Å². The Hall–Kier alpha value is -2.50. The molecule has 3 rings (SSSR count). The zero-order chi connectivity index (χ0) is 13.4. The van der Waals surface area contributed by atoms with Crippen LogP contribution in [0.25, 0.3) is 0 Å². The van der Waals surface area contributed by atoms with Crippen LogP contribution in [0, 0.1) is 0 Å². The molecular weight excluding hydrogens is 246 g/mol. The zero-order valence-corrected chi connectivity index (χ0v) is 10.2. The monoisotopic (exact) mass is 257 g/mol. The highest BCUT2D eigenvalue weighted by Gasteiger charge is 2.42. The molecule has 0 saturated carbocycles. The first-order valence-corrected chi connectivity index (χ1v) is 5.94. The number of hydrogen-bond acceptors (Lipinski definition) is 5. The van der Waals surface area contributed by atoms with E-state index in [1.165, 1.54) is 11.1 Å². The molecular formula is C13H11N3O3. The third-order valence-corrected chi connectivity index (χ3v) is 2.90. The summed E-state index contributed by atoms with van der Waals surface area (Å²) >= 11 is 0. The molecule has 0 saturated heterocycles. The van der Waals surface area contributed by atoms with Gasteiger partial charge in [0.05, 0.1) is 24.2 Å². The van der Waals surface area contributed by atoms with E-state index in [0.717, 1.165) is 0 Å². The fraction of sp³-hybridized carbons (Fsp3) is 0.231. The van der Waals surface area contributed by atoms with Crippen molar-refractivity contribution < 1.29 is 14.3 Å². The molecule has 2 heterocycles. The van der Waals surface area contributed by atoms with Crippen LogP contribution in [-0.2, 0) is 14.3 Å². The molecule has 96 valence electrons. The summed E-state index contributed by atoms with van der Waals surface area (Å²) in [6.07, 6.45) is 1.49. The Morgan fingerprint density at radius 2 is 2.21 bits per heavy atom. The number of ether oxygens (including phenoxy) is 1. The van der Waals surface area contributed by atoms with Crippen LogP contribution < -0.4 is 4.90 Å². The Bertz CT molecular complexity index is 621. The average Bonchev–Trinajstić information content (AvgIpc) is 2.77. The van der Waals surface area contributed by atoms with Gasteiger partial charge in [-0.15, -0.1) is 0 Å². The summed E-state index contributed by atoms with van der Waals surface area (Å²) in [6, 6.07) is 6.09. The molecule has 0 spiro atoms. The molecule has 0 bridgehead atoms. The number of aliphatic imine (C=N–C) groups is 2. The molecule has 0 aromatic heterocycles. The number of hydrogen-bond donors (Lipinski definition) is 0. The molecule has 1 unspecified atom stereocenters. The first-order valence-electron chi connectivity index (χ1n) is 5.94. The zero-order valence-electron chi connectivity index (χ0n) is 10.2. The largest absolute Gasteiger partial charge is 0.464 e. The molecule has 6 heteroatoms. The minimum atomic E-state index is -1.12. The Labute approximate surface area is 109 Å². The van der Waals surface area contributed by atoms with E-state index >= 15 is 0 Å². The fourth-order valence-electron chi connectivity index (χ4n) is 2.08. The van der Waals surface area contributed by atoms with Crippen LogP contribution in [0.1, 0.15) is 6.92 Å². The Kier molecular flexibility index (Phi) is 2.63. The number of benzene rings is 1. The van der Waals surface area contributed by atoms with E-state index in [4.69, 9.17) is 4.74 Å². The molecule has 0 N–H and O–H groups in total. The quantitative estimate of drug-likeness (QED) is 0.588. The van der Waals surface area contributed by atoms with Gasteiger partial charge in [0, 0.05) is 0 Å². The van der Waals surface area contributed by atoms with Crippen molar-refractivity contribution in [2.75, 3.05) is 11.5 Å². The normalized spacial score (nSPS) is 19.8. The predicted octanol–water partition coefficient (Wildman–Crippen LogP) is 1.08. The number of nitrogens with zero attached hydrogens (tertiary/aromatic N) is 3. The van der Waals surface area contributed by atoms with Gasteiger partial charge in [0.2, 0.25) is 6.04 Å². The number of anilines is 1. The molecule has 0 fully saturated rings. The summed E-state index contributed by atoms with van der Waals surface area (Å²) in [4.78, 5) is 33.6. The van der Waals surface area contributed by atoms with Crippen LogP contribution in [0.2, 0.25) is 0 Å². The smallest absolute Gasteiger partial charge is 0.340 e. The second kappa shape index (κ2) is 4.31. The highest BCUT2D eigenvalue weighted by atomic mass is 16.5. The SMILES string of the molecule is CCOC(=O)C1N=C2C=Nc3ccccc3N2C1=O. The Morgan fingerprint density at radius 1 is 1.42 bits per heavy atom. The molecule has 2 aliphatic heterocycles. The molecule has 1 aromatic carbocycles. The van der Waals surface area contributed by atoms with Gasteiger partial charge in [0.15, 0.2) is 5.84 Å². The number of fused-ring (bicyclic) bond motifs is 3. The van der Waals surface area contributed by atoms with E-state index in [9.17, 15) is 9.59 Å². The third-order valence-electron chi connectivity index (χ3n) is 2.90. The van der Waals surface area contributed by atoms with Crippen LogP contribution in [0.5, 0.6) is 0 Å². The van der Waals surface area contributed by atoms with Crippen molar-refractivity contribution in [3.63, 3.8) is 0 Å². The van der Waals surface area contributed by atoms with Crippen molar-refractivity contribution in [3.05, 3.63) is 24.3 Å². The van der Waals surface area contributed by atoms with Crippen LogP contribution in [0.4, 0.5) is 11.4 Å². The fourth-order valence-corrected chi connectivity index (χ4v) is 2.08. The van der Waals surface area contributed by atoms with Gasteiger partial charge in [-0.25, -0.2) is 9.79 Å². The van der Waals surface area contributed by atoms with E-state index in [1.54, 1.807) is 19.1 Å². The average molecular weight is 257 g/mol. The summed E-state index contributed by atoms with van der Waals surface area (Å²) in [6.45, 7) is 1.91. The number of amides is 1. The minimum Gasteiger partial charge on any atom is -0.464 e. The van der Waals surface area contributed by atoms with Crippen molar-refractivity contribution in [1.82, 2.24) is 0 Å². The minimum absolute atomic E-state index is 0.220. The van der Waals surface area contributed by atoms with E-state index < -0.39 is 17.9 Å². The summed E-state index contributed by atoms with van der Waals surface area (Å²) in [5.41, 5.74) is 1.32. The predicted molar refractivity (Wildman–Crippen MR) is 69.9 cm³/mol. The van der Waals surface area contributed by atoms with Gasteiger partial charge in [-0.1, -0.05) is 12.1 Å². The molecule has 1 amide bonds. The maximum absolute atomic E-state index is 12.3. The lowest BCUT2D eigenvalue weighted by Crippen LogP contribution is -2.40. The van der Waals surface area contributed by atoms with Gasteiger partial charge >= 0.3 is 5.97 Å². The van der Waals surface area contributed by atoms with Crippen LogP contribution in [0.15, 0.2) is 34.3 Å². The maximum atomic E-state index is 12.3. The standard InChI is InChI=1S/C13H11N3O3/c1-2-19-13(18)11-12(17)16-9-6-4-3-5-8(9)14-7-10(16)15-11/h3-7,11H,2H2,1H3. The van der Waals surface area contributed by atoms with E-state index in [2.05, 4.69) is 9.98 Å². The first-order chi connectivity index (χ1) is 9.22. The van der Waals surface area contributed by atoms with Crippen LogP contribution in [0.3, 0.4) is 0 Å². The van der Waals surface area contributed by atoms with E-state index in [0.29, 0.717) is 17.2 Å². The first kappa shape index (κ1) is 11.6. The van der Waals surface area contributed by atoms with Gasteiger partial charge in [-0.2, -0.15) is 0 Å². The summed E-state index contributed by atoms with van der Waals surface area (Å²) in [5.74, 6) is -0.644. The number of carbonyl (C=O) groups is 2. The molecule has 1 aromatic rings. The van der Waals surface area contributed by atoms with E-state index in [1.807, 2.05) is 12.1 Å². The molecule has 1 atom stereocenters. The van der Waals surface area contributed by atoms with Crippen molar-refractivity contribution in [1.29, 1.82) is 0 Å². The molecule has 19 heavy (non-hydrogen) atoms. The number of para-hydroxylation sites is 2. The number of rotatable bonds is 2. The lowest BCUT2D eigenvalue weighted by atomic mass is 10.2. The van der Waals surface area contributed by atoms with Gasteiger partial charge in [-0.3, -0.25) is 14.7 Å². The van der Waals surface area contributed by atoms with Crippen molar-refractivity contribution in [2.45, 2.75) is 13.0 Å². The van der Waals surface area contributed by atoms with Gasteiger partial charge in [-0.05, 0) is 19.1 Å². The van der Waals surface area contributed by atoms with Crippen LogP contribution >= 0.6 is 0 Å². The summed E-state index contributed by atoms with van der Waals surface area (Å²) < 4.78 is 4.85. The number of amidine groups is 1. The molecule has 0 aliphatic carbocycles. The van der Waals surface area contributed by atoms with Gasteiger partial charge < -0.3 is 4.74 Å². The molecule has 0 radical (unpaired) electrons. The van der Waals surface area contributed by atoms with Crippen molar-refractivity contribution >= 4 is 35.3 Å². The molecule has 2 aliphatic rings. The maximum Gasteiger partial charge on any atom is 0.340 e.